The number of nitrogens with zero attached hydrogens (tertiary/aromatic N) is 2. The van der Waals surface area contributed by atoms with Crippen molar-refractivity contribution in [3.63, 3.8) is 0 Å². The second-order valence-electron chi connectivity index (χ2n) is 6.74. The van der Waals surface area contributed by atoms with E-state index in [1.54, 1.807) is 12.1 Å². The van der Waals surface area contributed by atoms with E-state index in [4.69, 9.17) is 4.74 Å². The number of halogens is 3. The third-order valence-electron chi connectivity index (χ3n) is 5.02. The molecule has 1 fully saturated rings. The van der Waals surface area contributed by atoms with Gasteiger partial charge in [-0.05, 0) is 31.4 Å². The fourth-order valence-corrected chi connectivity index (χ4v) is 3.62. The molecule has 1 heterocycles. The van der Waals surface area contributed by atoms with Crippen molar-refractivity contribution in [1.82, 2.24) is 5.01 Å². The van der Waals surface area contributed by atoms with Crippen LogP contribution in [-0.2, 0) is 9.59 Å². The number of carbonyl (C=O) groups is 2. The number of aliphatic hydroxyl groups is 1. The van der Waals surface area contributed by atoms with Crippen molar-refractivity contribution in [3.8, 4) is 5.75 Å². The van der Waals surface area contributed by atoms with Gasteiger partial charge in [-0.15, -0.1) is 0 Å². The van der Waals surface area contributed by atoms with E-state index in [0.29, 0.717) is 19.3 Å². The van der Waals surface area contributed by atoms with Gasteiger partial charge in [0.1, 0.15) is 5.75 Å². The van der Waals surface area contributed by atoms with Crippen molar-refractivity contribution in [2.24, 2.45) is 11.0 Å². The van der Waals surface area contributed by atoms with Crippen LogP contribution in [-0.4, -0.2) is 46.7 Å². The first kappa shape index (κ1) is 20.1. The number of para-hydroxylation sites is 2. The molecule has 1 aliphatic heterocycles. The van der Waals surface area contributed by atoms with E-state index in [0.717, 1.165) is 0 Å². The molecule has 3 rings (SSSR count). The number of anilines is 1. The molecule has 2 unspecified atom stereocenters. The maximum absolute atomic E-state index is 13.8. The van der Waals surface area contributed by atoms with E-state index < -0.39 is 29.6 Å². The highest BCUT2D eigenvalue weighted by Crippen LogP contribution is 2.47. The molecule has 0 spiro atoms. The van der Waals surface area contributed by atoms with Gasteiger partial charge in [-0.1, -0.05) is 25.0 Å². The molecule has 1 aliphatic carbocycles. The summed E-state index contributed by atoms with van der Waals surface area (Å²) in [4.78, 5) is 24.9. The zero-order valence-electron chi connectivity index (χ0n) is 15.1. The highest BCUT2D eigenvalue weighted by molar-refractivity contribution is 6.40. The molecule has 1 saturated carbocycles. The van der Waals surface area contributed by atoms with Crippen LogP contribution in [0.5, 0.6) is 5.75 Å². The van der Waals surface area contributed by atoms with Gasteiger partial charge in [0.25, 0.3) is 5.72 Å². The van der Waals surface area contributed by atoms with Gasteiger partial charge in [-0.3, -0.25) is 9.59 Å². The van der Waals surface area contributed by atoms with Gasteiger partial charge in [0.05, 0.1) is 18.7 Å². The number of nitrogens with one attached hydrogen (secondary N) is 1. The topological polar surface area (TPSA) is 91.2 Å². The van der Waals surface area contributed by atoms with Gasteiger partial charge >= 0.3 is 18.0 Å². The molecule has 2 N–H and O–H groups in total. The molecule has 1 aromatic rings. The van der Waals surface area contributed by atoms with Crippen LogP contribution >= 0.6 is 0 Å². The Balaban J connectivity index is 1.91. The molecule has 0 aromatic heterocycles. The monoisotopic (exact) mass is 399 g/mol. The highest BCUT2D eigenvalue weighted by Gasteiger charge is 2.68. The molecule has 1 aromatic carbocycles. The number of benzene rings is 1. The van der Waals surface area contributed by atoms with E-state index in [2.05, 4.69) is 10.4 Å². The number of hydrogen-bond donors (Lipinski definition) is 2. The summed E-state index contributed by atoms with van der Waals surface area (Å²) >= 11 is 0. The average molecular weight is 399 g/mol. The number of hydrazone groups is 1. The van der Waals surface area contributed by atoms with Crippen LogP contribution in [0.4, 0.5) is 18.9 Å². The fraction of sp³-hybridized carbons (Fsp3) is 0.500. The Hall–Kier alpha value is -2.62. The normalized spacial score (nSPS) is 24.8. The minimum Gasteiger partial charge on any atom is -0.495 e. The first-order valence-electron chi connectivity index (χ1n) is 8.85. The van der Waals surface area contributed by atoms with Gasteiger partial charge in [0, 0.05) is 5.71 Å². The lowest BCUT2D eigenvalue weighted by atomic mass is 9.87. The molecule has 152 valence electrons. The lowest BCUT2D eigenvalue weighted by Gasteiger charge is -2.36. The lowest BCUT2D eigenvalue weighted by molar-refractivity contribution is -0.316. The van der Waals surface area contributed by atoms with Crippen LogP contribution in [0.25, 0.3) is 0 Å². The lowest BCUT2D eigenvalue weighted by Crippen LogP contribution is -2.62. The van der Waals surface area contributed by atoms with Crippen LogP contribution in [0.3, 0.4) is 0 Å². The van der Waals surface area contributed by atoms with Gasteiger partial charge in [-0.2, -0.15) is 23.3 Å². The fourth-order valence-electron chi connectivity index (χ4n) is 3.62. The molecule has 2 amide bonds. The summed E-state index contributed by atoms with van der Waals surface area (Å²) in [5.74, 6) is -4.09. The zero-order chi connectivity index (χ0) is 20.5. The Labute approximate surface area is 159 Å². The van der Waals surface area contributed by atoms with Crippen LogP contribution < -0.4 is 10.1 Å². The summed E-state index contributed by atoms with van der Waals surface area (Å²) < 4.78 is 46.4. The molecule has 0 bridgehead atoms. The molecule has 2 atom stereocenters. The Morgan fingerprint density at radius 3 is 2.68 bits per heavy atom. The van der Waals surface area contributed by atoms with Crippen molar-refractivity contribution in [3.05, 3.63) is 24.3 Å². The van der Waals surface area contributed by atoms with Gasteiger partial charge in [0.15, 0.2) is 0 Å². The van der Waals surface area contributed by atoms with Crippen LogP contribution in [0.1, 0.15) is 32.1 Å². The van der Waals surface area contributed by atoms with Crippen molar-refractivity contribution >= 4 is 23.2 Å². The SMILES string of the molecule is COc1ccccc1NC(=O)C(=O)N1N=C2CCCCCC2C1(O)C(F)(F)F. The molecule has 10 heteroatoms. The third-order valence-corrected chi connectivity index (χ3v) is 5.02. The summed E-state index contributed by atoms with van der Waals surface area (Å²) in [6, 6.07) is 6.13. The molecule has 0 radical (unpaired) electrons. The average Bonchev–Trinajstić information content (AvgIpc) is 2.81. The van der Waals surface area contributed by atoms with Gasteiger partial charge in [0.2, 0.25) is 0 Å². The van der Waals surface area contributed by atoms with Crippen molar-refractivity contribution in [2.75, 3.05) is 12.4 Å². The smallest absolute Gasteiger partial charge is 0.439 e. The Kier molecular flexibility index (Phi) is 5.33. The molecular weight excluding hydrogens is 379 g/mol. The Morgan fingerprint density at radius 1 is 1.29 bits per heavy atom. The number of alkyl halides is 3. The number of fused-ring (bicyclic) bond motifs is 1. The zero-order valence-corrected chi connectivity index (χ0v) is 15.1. The number of ether oxygens (including phenoxy) is 1. The van der Waals surface area contributed by atoms with E-state index in [1.807, 2.05) is 0 Å². The van der Waals surface area contributed by atoms with Gasteiger partial charge < -0.3 is 15.2 Å². The minimum atomic E-state index is -5.17. The van der Waals surface area contributed by atoms with Crippen LogP contribution in [0, 0.1) is 5.92 Å². The minimum absolute atomic E-state index is 0.0345. The summed E-state index contributed by atoms with van der Waals surface area (Å²) in [6.07, 6.45) is -3.11. The molecule has 2 aliphatic rings. The van der Waals surface area contributed by atoms with Crippen molar-refractivity contribution in [2.45, 2.75) is 44.0 Å². The summed E-state index contributed by atoms with van der Waals surface area (Å²) in [6.45, 7) is 0. The van der Waals surface area contributed by atoms with Gasteiger partial charge in [-0.25, -0.2) is 0 Å². The van der Waals surface area contributed by atoms with E-state index in [9.17, 15) is 27.9 Å². The predicted octanol–water partition coefficient (Wildman–Crippen LogP) is 2.66. The van der Waals surface area contributed by atoms with Crippen LogP contribution in [0.2, 0.25) is 0 Å². The second-order valence-corrected chi connectivity index (χ2v) is 6.74. The van der Waals surface area contributed by atoms with Crippen molar-refractivity contribution in [1.29, 1.82) is 0 Å². The first-order valence-corrected chi connectivity index (χ1v) is 8.85. The molecule has 7 nitrogen and oxygen atoms in total. The number of amides is 2. The van der Waals surface area contributed by atoms with Crippen molar-refractivity contribution < 1.29 is 32.6 Å². The van der Waals surface area contributed by atoms with E-state index in [-0.39, 0.29) is 35.0 Å². The second kappa shape index (κ2) is 7.42. The van der Waals surface area contributed by atoms with E-state index >= 15 is 0 Å². The third kappa shape index (κ3) is 3.32. The quantitative estimate of drug-likeness (QED) is 0.748. The largest absolute Gasteiger partial charge is 0.495 e. The summed E-state index contributed by atoms with van der Waals surface area (Å²) in [5, 5.41) is 16.4. The van der Waals surface area contributed by atoms with E-state index in [1.165, 1.54) is 19.2 Å². The number of methoxy groups -OCH3 is 1. The Morgan fingerprint density at radius 2 is 2.00 bits per heavy atom. The number of carbonyl (C=O) groups excluding carboxylic acids is 2. The molecular formula is C18H20F3N3O4. The predicted molar refractivity (Wildman–Crippen MR) is 93.5 cm³/mol. The van der Waals surface area contributed by atoms with Crippen LogP contribution in [0.15, 0.2) is 29.4 Å². The number of rotatable bonds is 2. The molecule has 28 heavy (non-hydrogen) atoms. The number of hydrogen-bond acceptors (Lipinski definition) is 5. The summed E-state index contributed by atoms with van der Waals surface area (Å²) in [7, 11) is 1.34. The maximum Gasteiger partial charge on any atom is 0.439 e. The Bertz CT molecular complexity index is 812. The molecule has 0 saturated heterocycles. The maximum atomic E-state index is 13.8. The first-order chi connectivity index (χ1) is 13.2. The summed E-state index contributed by atoms with van der Waals surface area (Å²) in [5.41, 5.74) is -3.34. The standard InChI is InChI=1S/C18H20F3N3O4/c1-28-14-10-6-5-9-13(14)22-15(25)16(26)24-17(27,18(19,20)21)11-7-3-2-4-8-12(11)23-24/h5-6,9-11,27H,2-4,7-8H2,1H3,(H,22,25). The highest BCUT2D eigenvalue weighted by atomic mass is 19.4.